The van der Waals surface area contributed by atoms with Gasteiger partial charge in [-0.15, -0.1) is 0 Å². The standard InChI is InChI=1S/C14H19NO3/c1-14(2,3)18-12-8-10(13(17)15(4)5)6-7-11(12)9-16/h6-9H,1-5H3. The molecule has 0 saturated carbocycles. The maximum atomic E-state index is 11.8. The first kappa shape index (κ1) is 14.2. The van der Waals surface area contributed by atoms with Crippen LogP contribution in [0.5, 0.6) is 5.75 Å². The van der Waals surface area contributed by atoms with Crippen molar-refractivity contribution >= 4 is 12.2 Å². The number of ether oxygens (including phenoxy) is 1. The van der Waals surface area contributed by atoms with Gasteiger partial charge in [-0.1, -0.05) is 0 Å². The van der Waals surface area contributed by atoms with E-state index in [0.717, 1.165) is 6.29 Å². The summed E-state index contributed by atoms with van der Waals surface area (Å²) in [5, 5.41) is 0. The molecule has 1 rings (SSSR count). The number of hydrogen-bond acceptors (Lipinski definition) is 3. The molecule has 4 nitrogen and oxygen atoms in total. The Kier molecular flexibility index (Phi) is 4.11. The predicted molar refractivity (Wildman–Crippen MR) is 70.2 cm³/mol. The lowest BCUT2D eigenvalue weighted by atomic mass is 10.1. The normalized spacial score (nSPS) is 10.9. The van der Waals surface area contributed by atoms with Gasteiger partial charge in [0.25, 0.3) is 5.91 Å². The number of benzene rings is 1. The van der Waals surface area contributed by atoms with Crippen LogP contribution in [0, 0.1) is 0 Å². The van der Waals surface area contributed by atoms with Gasteiger partial charge in [-0.25, -0.2) is 0 Å². The van der Waals surface area contributed by atoms with E-state index in [1.165, 1.54) is 4.90 Å². The molecule has 0 aliphatic heterocycles. The van der Waals surface area contributed by atoms with Gasteiger partial charge in [-0.3, -0.25) is 9.59 Å². The number of hydrogen-bond donors (Lipinski definition) is 0. The molecule has 18 heavy (non-hydrogen) atoms. The van der Waals surface area contributed by atoms with Crippen LogP contribution in [0.25, 0.3) is 0 Å². The van der Waals surface area contributed by atoms with Gasteiger partial charge in [0.2, 0.25) is 0 Å². The van der Waals surface area contributed by atoms with Gasteiger partial charge < -0.3 is 9.64 Å². The molecule has 0 heterocycles. The summed E-state index contributed by atoms with van der Waals surface area (Å²) in [6.07, 6.45) is 0.727. The summed E-state index contributed by atoms with van der Waals surface area (Å²) >= 11 is 0. The van der Waals surface area contributed by atoms with Crippen LogP contribution >= 0.6 is 0 Å². The van der Waals surface area contributed by atoms with Crippen LogP contribution in [0.2, 0.25) is 0 Å². The van der Waals surface area contributed by atoms with Gasteiger partial charge in [0, 0.05) is 19.7 Å². The van der Waals surface area contributed by atoms with E-state index < -0.39 is 5.60 Å². The van der Waals surface area contributed by atoms with Crippen molar-refractivity contribution in [3.05, 3.63) is 29.3 Å². The number of nitrogens with zero attached hydrogens (tertiary/aromatic N) is 1. The molecule has 0 saturated heterocycles. The highest BCUT2D eigenvalue weighted by molar-refractivity contribution is 5.95. The molecule has 0 spiro atoms. The summed E-state index contributed by atoms with van der Waals surface area (Å²) in [5.74, 6) is 0.316. The molecule has 0 radical (unpaired) electrons. The second-order valence-corrected chi connectivity index (χ2v) is 5.28. The molecule has 4 heteroatoms. The van der Waals surface area contributed by atoms with Gasteiger partial charge in [-0.2, -0.15) is 0 Å². The van der Waals surface area contributed by atoms with E-state index in [1.54, 1.807) is 32.3 Å². The molecule has 0 fully saturated rings. The first-order valence-corrected chi connectivity index (χ1v) is 5.74. The largest absolute Gasteiger partial charge is 0.487 e. The molecule has 0 atom stereocenters. The first-order valence-electron chi connectivity index (χ1n) is 5.74. The molecule has 0 aliphatic rings. The smallest absolute Gasteiger partial charge is 0.253 e. The quantitative estimate of drug-likeness (QED) is 0.773. The minimum absolute atomic E-state index is 0.119. The van der Waals surface area contributed by atoms with Crippen molar-refractivity contribution in [3.63, 3.8) is 0 Å². The lowest BCUT2D eigenvalue weighted by Gasteiger charge is -2.23. The van der Waals surface area contributed by atoms with Gasteiger partial charge >= 0.3 is 0 Å². The summed E-state index contributed by atoms with van der Waals surface area (Å²) in [4.78, 5) is 24.3. The van der Waals surface area contributed by atoms with Crippen LogP contribution in [-0.2, 0) is 0 Å². The topological polar surface area (TPSA) is 46.6 Å². The Morgan fingerprint density at radius 1 is 1.28 bits per heavy atom. The SMILES string of the molecule is CN(C)C(=O)c1ccc(C=O)c(OC(C)(C)C)c1. The Morgan fingerprint density at radius 3 is 2.33 bits per heavy atom. The minimum atomic E-state index is -0.419. The molecule has 1 aromatic rings. The second kappa shape index (κ2) is 5.21. The zero-order chi connectivity index (χ0) is 13.9. The molecule has 1 aromatic carbocycles. The third-order valence-corrected chi connectivity index (χ3v) is 2.21. The van der Waals surface area contributed by atoms with Crippen LogP contribution in [0.15, 0.2) is 18.2 Å². The van der Waals surface area contributed by atoms with Crippen LogP contribution in [0.1, 0.15) is 41.5 Å². The fourth-order valence-corrected chi connectivity index (χ4v) is 1.44. The number of rotatable bonds is 3. The third-order valence-electron chi connectivity index (χ3n) is 2.21. The van der Waals surface area contributed by atoms with Crippen molar-refractivity contribution in [2.45, 2.75) is 26.4 Å². The highest BCUT2D eigenvalue weighted by atomic mass is 16.5. The highest BCUT2D eigenvalue weighted by Gasteiger charge is 2.17. The predicted octanol–water partition coefficient (Wildman–Crippen LogP) is 2.38. The number of carbonyl (C=O) groups excluding carboxylic acids is 2. The van der Waals surface area contributed by atoms with Crippen LogP contribution in [0.4, 0.5) is 0 Å². The number of carbonyl (C=O) groups is 2. The molecule has 0 unspecified atom stereocenters. The maximum Gasteiger partial charge on any atom is 0.253 e. The zero-order valence-corrected chi connectivity index (χ0v) is 11.5. The molecule has 0 aliphatic carbocycles. The van der Waals surface area contributed by atoms with Crippen molar-refractivity contribution in [3.8, 4) is 5.75 Å². The Balaban J connectivity index is 3.17. The molecule has 98 valence electrons. The van der Waals surface area contributed by atoms with E-state index in [2.05, 4.69) is 0 Å². The Morgan fingerprint density at radius 2 is 1.89 bits per heavy atom. The summed E-state index contributed by atoms with van der Waals surface area (Å²) in [5.41, 5.74) is 0.530. The summed E-state index contributed by atoms with van der Waals surface area (Å²) in [6.45, 7) is 5.67. The molecule has 0 N–H and O–H groups in total. The lowest BCUT2D eigenvalue weighted by molar-refractivity contribution is 0.0824. The van der Waals surface area contributed by atoms with Crippen LogP contribution < -0.4 is 4.74 Å². The molecular formula is C14H19NO3. The average Bonchev–Trinajstić information content (AvgIpc) is 2.25. The van der Waals surface area contributed by atoms with Gasteiger partial charge in [0.15, 0.2) is 6.29 Å². The van der Waals surface area contributed by atoms with Crippen LogP contribution in [-0.4, -0.2) is 36.8 Å². The average molecular weight is 249 g/mol. The van der Waals surface area contributed by atoms with E-state index in [1.807, 2.05) is 20.8 Å². The summed E-state index contributed by atoms with van der Waals surface area (Å²) in [6, 6.07) is 4.84. The van der Waals surface area contributed by atoms with Crippen LogP contribution in [0.3, 0.4) is 0 Å². The monoisotopic (exact) mass is 249 g/mol. The summed E-state index contributed by atoms with van der Waals surface area (Å²) in [7, 11) is 3.36. The third kappa shape index (κ3) is 3.58. The van der Waals surface area contributed by atoms with Crippen molar-refractivity contribution in [2.24, 2.45) is 0 Å². The Labute approximate surface area is 108 Å². The van der Waals surface area contributed by atoms with Gasteiger partial charge in [0.05, 0.1) is 5.56 Å². The van der Waals surface area contributed by atoms with E-state index in [9.17, 15) is 9.59 Å². The highest BCUT2D eigenvalue weighted by Crippen LogP contribution is 2.24. The number of aldehydes is 1. The van der Waals surface area contributed by atoms with Gasteiger partial charge in [-0.05, 0) is 39.0 Å². The fourth-order valence-electron chi connectivity index (χ4n) is 1.44. The van der Waals surface area contributed by atoms with E-state index in [0.29, 0.717) is 16.9 Å². The second-order valence-electron chi connectivity index (χ2n) is 5.28. The van der Waals surface area contributed by atoms with Gasteiger partial charge in [0.1, 0.15) is 11.4 Å². The Bertz CT molecular complexity index is 459. The van der Waals surface area contributed by atoms with Crippen molar-refractivity contribution in [1.82, 2.24) is 4.90 Å². The molecule has 0 aromatic heterocycles. The minimum Gasteiger partial charge on any atom is -0.487 e. The summed E-state index contributed by atoms with van der Waals surface area (Å²) < 4.78 is 5.69. The number of amides is 1. The van der Waals surface area contributed by atoms with E-state index in [4.69, 9.17) is 4.74 Å². The van der Waals surface area contributed by atoms with E-state index in [-0.39, 0.29) is 5.91 Å². The molecule has 0 bridgehead atoms. The van der Waals surface area contributed by atoms with Crippen molar-refractivity contribution in [2.75, 3.05) is 14.1 Å². The molecular weight excluding hydrogens is 230 g/mol. The zero-order valence-electron chi connectivity index (χ0n) is 11.5. The maximum absolute atomic E-state index is 11.8. The first-order chi connectivity index (χ1) is 8.24. The lowest BCUT2D eigenvalue weighted by Crippen LogP contribution is -2.25. The Hall–Kier alpha value is -1.84. The van der Waals surface area contributed by atoms with E-state index >= 15 is 0 Å². The molecule has 1 amide bonds. The van der Waals surface area contributed by atoms with Crippen molar-refractivity contribution < 1.29 is 14.3 Å². The fraction of sp³-hybridized carbons (Fsp3) is 0.429. The van der Waals surface area contributed by atoms with Crippen molar-refractivity contribution in [1.29, 1.82) is 0 Å².